The Morgan fingerprint density at radius 3 is 2.94 bits per heavy atom. The van der Waals surface area contributed by atoms with Crippen molar-refractivity contribution in [3.63, 3.8) is 0 Å². The Morgan fingerprint density at radius 2 is 2.33 bits per heavy atom. The third-order valence-electron chi connectivity index (χ3n) is 3.74. The van der Waals surface area contributed by atoms with Gasteiger partial charge in [-0.15, -0.1) is 0 Å². The van der Waals surface area contributed by atoms with Gasteiger partial charge in [-0.25, -0.2) is 0 Å². The molecule has 5 heteroatoms. The van der Waals surface area contributed by atoms with Crippen LogP contribution in [-0.2, 0) is 11.3 Å². The molecule has 100 valence electrons. The first-order valence-electron chi connectivity index (χ1n) is 6.63. The van der Waals surface area contributed by atoms with Crippen LogP contribution in [-0.4, -0.2) is 21.7 Å². The number of carbonyl (C=O) groups is 1. The molecule has 1 aliphatic carbocycles. The molecule has 0 aromatic carbocycles. The highest BCUT2D eigenvalue weighted by molar-refractivity contribution is 5.76. The summed E-state index contributed by atoms with van der Waals surface area (Å²) < 4.78 is 1.57. The van der Waals surface area contributed by atoms with Gasteiger partial charge in [-0.3, -0.25) is 9.48 Å². The average molecular weight is 250 g/mol. The summed E-state index contributed by atoms with van der Waals surface area (Å²) in [5.74, 6) is 1.80. The van der Waals surface area contributed by atoms with Crippen LogP contribution in [0.15, 0.2) is 12.3 Å². The van der Waals surface area contributed by atoms with Crippen molar-refractivity contribution in [3.05, 3.63) is 12.3 Å². The van der Waals surface area contributed by atoms with Gasteiger partial charge in [0.2, 0.25) is 5.91 Å². The van der Waals surface area contributed by atoms with E-state index in [1.807, 2.05) is 0 Å². The van der Waals surface area contributed by atoms with Gasteiger partial charge in [0.1, 0.15) is 12.4 Å². The second-order valence-electron chi connectivity index (χ2n) is 5.51. The Bertz CT molecular complexity index is 415. The van der Waals surface area contributed by atoms with Crippen LogP contribution in [0.3, 0.4) is 0 Å². The number of nitrogens with zero attached hydrogens (tertiary/aromatic N) is 2. The zero-order valence-corrected chi connectivity index (χ0v) is 11.1. The van der Waals surface area contributed by atoms with E-state index in [0.717, 1.165) is 12.3 Å². The summed E-state index contributed by atoms with van der Waals surface area (Å²) in [4.78, 5) is 11.9. The number of nitrogen functional groups attached to an aromatic ring is 1. The van der Waals surface area contributed by atoms with Gasteiger partial charge in [0.05, 0.1) is 0 Å². The molecule has 0 bridgehead atoms. The Balaban J connectivity index is 1.84. The van der Waals surface area contributed by atoms with Gasteiger partial charge < -0.3 is 11.1 Å². The maximum Gasteiger partial charge on any atom is 0.241 e. The van der Waals surface area contributed by atoms with Crippen molar-refractivity contribution in [3.8, 4) is 0 Å². The molecule has 1 aromatic rings. The van der Waals surface area contributed by atoms with Crippen LogP contribution < -0.4 is 11.1 Å². The lowest BCUT2D eigenvalue weighted by Gasteiger charge is -2.33. The molecule has 0 spiro atoms. The van der Waals surface area contributed by atoms with Crippen molar-refractivity contribution in [2.24, 2.45) is 11.8 Å². The number of carbonyl (C=O) groups excluding carboxylic acids is 1. The zero-order valence-electron chi connectivity index (χ0n) is 11.1. The molecule has 1 fully saturated rings. The number of aromatic nitrogens is 2. The summed E-state index contributed by atoms with van der Waals surface area (Å²) >= 11 is 0. The molecular weight excluding hydrogens is 228 g/mol. The fourth-order valence-corrected chi connectivity index (χ4v) is 2.74. The van der Waals surface area contributed by atoms with Crippen LogP contribution in [0.2, 0.25) is 0 Å². The summed E-state index contributed by atoms with van der Waals surface area (Å²) in [5, 5.41) is 7.11. The van der Waals surface area contributed by atoms with E-state index in [1.165, 1.54) is 12.8 Å². The summed E-state index contributed by atoms with van der Waals surface area (Å²) in [5.41, 5.74) is 5.51. The molecule has 1 heterocycles. The van der Waals surface area contributed by atoms with E-state index in [9.17, 15) is 4.79 Å². The summed E-state index contributed by atoms with van der Waals surface area (Å²) in [7, 11) is 0. The van der Waals surface area contributed by atoms with Crippen molar-refractivity contribution in [2.45, 2.75) is 45.7 Å². The second kappa shape index (κ2) is 5.42. The Kier molecular flexibility index (Phi) is 3.89. The molecule has 1 saturated carbocycles. The summed E-state index contributed by atoms with van der Waals surface area (Å²) in [6, 6.07) is 2.00. The van der Waals surface area contributed by atoms with Gasteiger partial charge in [0, 0.05) is 12.2 Å². The minimum Gasteiger partial charge on any atom is -0.382 e. The molecule has 2 rings (SSSR count). The van der Waals surface area contributed by atoms with E-state index < -0.39 is 0 Å². The van der Waals surface area contributed by atoms with E-state index in [4.69, 9.17) is 5.73 Å². The number of nitrogens with two attached hydrogens (primary N) is 1. The summed E-state index contributed by atoms with van der Waals surface area (Å²) in [6.07, 6.45) is 5.19. The predicted molar refractivity (Wildman–Crippen MR) is 70.7 cm³/mol. The minimum atomic E-state index is 0.0181. The number of rotatable bonds is 3. The summed E-state index contributed by atoms with van der Waals surface area (Å²) in [6.45, 7) is 4.74. The molecule has 18 heavy (non-hydrogen) atoms. The van der Waals surface area contributed by atoms with Gasteiger partial charge in [-0.05, 0) is 37.2 Å². The molecule has 0 radical (unpaired) electrons. The van der Waals surface area contributed by atoms with Gasteiger partial charge in [0.25, 0.3) is 0 Å². The van der Waals surface area contributed by atoms with E-state index in [1.54, 1.807) is 16.9 Å². The SMILES string of the molecule is CC1CCC(NC(=O)Cn2ccc(N)n2)C(C)C1. The number of amides is 1. The zero-order chi connectivity index (χ0) is 13.1. The quantitative estimate of drug-likeness (QED) is 0.851. The molecular formula is C13H22N4O. The molecule has 3 atom stereocenters. The van der Waals surface area contributed by atoms with Gasteiger partial charge in [-0.2, -0.15) is 5.10 Å². The number of anilines is 1. The molecule has 1 amide bonds. The Morgan fingerprint density at radius 1 is 1.56 bits per heavy atom. The van der Waals surface area contributed by atoms with Crippen LogP contribution in [0, 0.1) is 11.8 Å². The third kappa shape index (κ3) is 3.24. The number of hydrogen-bond acceptors (Lipinski definition) is 3. The van der Waals surface area contributed by atoms with Crippen molar-refractivity contribution in [1.82, 2.24) is 15.1 Å². The molecule has 1 aromatic heterocycles. The molecule has 0 saturated heterocycles. The van der Waals surface area contributed by atoms with E-state index >= 15 is 0 Å². The largest absolute Gasteiger partial charge is 0.382 e. The topological polar surface area (TPSA) is 72.9 Å². The molecule has 0 aliphatic heterocycles. The average Bonchev–Trinajstić information content (AvgIpc) is 2.68. The highest BCUT2D eigenvalue weighted by atomic mass is 16.2. The van der Waals surface area contributed by atoms with Crippen LogP contribution in [0.1, 0.15) is 33.1 Å². The van der Waals surface area contributed by atoms with Crippen molar-refractivity contribution >= 4 is 11.7 Å². The normalized spacial score (nSPS) is 28.0. The number of hydrogen-bond donors (Lipinski definition) is 2. The molecule has 1 aliphatic rings. The highest BCUT2D eigenvalue weighted by Crippen LogP contribution is 2.28. The monoisotopic (exact) mass is 250 g/mol. The van der Waals surface area contributed by atoms with E-state index in [-0.39, 0.29) is 12.5 Å². The lowest BCUT2D eigenvalue weighted by Crippen LogP contribution is -2.43. The van der Waals surface area contributed by atoms with Crippen LogP contribution in [0.25, 0.3) is 0 Å². The van der Waals surface area contributed by atoms with Crippen molar-refractivity contribution in [1.29, 1.82) is 0 Å². The van der Waals surface area contributed by atoms with Crippen molar-refractivity contribution in [2.75, 3.05) is 5.73 Å². The highest BCUT2D eigenvalue weighted by Gasteiger charge is 2.26. The van der Waals surface area contributed by atoms with E-state index in [2.05, 4.69) is 24.3 Å². The Labute approximate surface area is 108 Å². The van der Waals surface area contributed by atoms with Crippen LogP contribution in [0.4, 0.5) is 5.82 Å². The molecule has 5 nitrogen and oxygen atoms in total. The second-order valence-corrected chi connectivity index (χ2v) is 5.51. The Hall–Kier alpha value is -1.52. The van der Waals surface area contributed by atoms with Gasteiger partial charge in [-0.1, -0.05) is 13.8 Å². The molecule has 3 unspecified atom stereocenters. The first-order valence-corrected chi connectivity index (χ1v) is 6.63. The fourth-order valence-electron chi connectivity index (χ4n) is 2.74. The lowest BCUT2D eigenvalue weighted by molar-refractivity contribution is -0.123. The van der Waals surface area contributed by atoms with Gasteiger partial charge in [0.15, 0.2) is 0 Å². The first kappa shape index (κ1) is 12.9. The molecule has 3 N–H and O–H groups in total. The van der Waals surface area contributed by atoms with Crippen LogP contribution in [0.5, 0.6) is 0 Å². The first-order chi connectivity index (χ1) is 8.54. The lowest BCUT2D eigenvalue weighted by atomic mass is 9.80. The number of nitrogens with one attached hydrogen (secondary N) is 1. The predicted octanol–water partition coefficient (Wildman–Crippen LogP) is 1.41. The third-order valence-corrected chi connectivity index (χ3v) is 3.74. The fraction of sp³-hybridized carbons (Fsp3) is 0.692. The standard InChI is InChI=1S/C13H22N4O/c1-9-3-4-11(10(2)7-9)15-13(18)8-17-6-5-12(14)16-17/h5-6,9-11H,3-4,7-8H2,1-2H3,(H2,14,16)(H,15,18). The van der Waals surface area contributed by atoms with Gasteiger partial charge >= 0.3 is 0 Å². The van der Waals surface area contributed by atoms with Crippen molar-refractivity contribution < 1.29 is 4.79 Å². The van der Waals surface area contributed by atoms with Crippen LogP contribution >= 0.6 is 0 Å². The minimum absolute atomic E-state index is 0.0181. The maximum absolute atomic E-state index is 11.9. The smallest absolute Gasteiger partial charge is 0.241 e. The van der Waals surface area contributed by atoms with E-state index in [0.29, 0.717) is 17.8 Å². The maximum atomic E-state index is 11.9.